The Balaban J connectivity index is 1.91. The van der Waals surface area contributed by atoms with E-state index in [9.17, 15) is 4.39 Å². The lowest BCUT2D eigenvalue weighted by Gasteiger charge is -2.17. The van der Waals surface area contributed by atoms with Gasteiger partial charge < -0.3 is 5.32 Å². The third-order valence-corrected chi connectivity index (χ3v) is 4.02. The molecular weight excluding hydrogens is 269 g/mol. The maximum atomic E-state index is 13.0. The molecule has 1 aromatic carbocycles. The van der Waals surface area contributed by atoms with Crippen LogP contribution in [-0.4, -0.2) is 6.04 Å². The van der Waals surface area contributed by atoms with Gasteiger partial charge >= 0.3 is 0 Å². The van der Waals surface area contributed by atoms with Crippen molar-refractivity contribution >= 4 is 15.9 Å². The molecule has 1 N–H and O–H groups in total. The zero-order valence-electron chi connectivity index (χ0n) is 9.47. The maximum Gasteiger partial charge on any atom is 0.137 e. The second kappa shape index (κ2) is 5.28. The second-order valence-corrected chi connectivity index (χ2v) is 5.50. The third kappa shape index (κ3) is 2.83. The van der Waals surface area contributed by atoms with E-state index in [2.05, 4.69) is 28.2 Å². The fourth-order valence-corrected chi connectivity index (χ4v) is 2.77. The number of hydrogen-bond acceptors (Lipinski definition) is 1. The molecule has 1 aliphatic carbocycles. The fourth-order valence-electron chi connectivity index (χ4n) is 2.35. The molecule has 1 aromatic rings. The second-order valence-electron chi connectivity index (χ2n) is 4.64. The predicted octanol–water partition coefficient (Wildman–Crippen LogP) is 3.87. The Kier molecular flexibility index (Phi) is 3.98. The minimum Gasteiger partial charge on any atom is -0.310 e. The van der Waals surface area contributed by atoms with Crippen molar-refractivity contribution in [2.24, 2.45) is 5.92 Å². The van der Waals surface area contributed by atoms with E-state index in [0.29, 0.717) is 10.5 Å². The Morgan fingerprint density at radius 3 is 2.88 bits per heavy atom. The number of benzene rings is 1. The Hall–Kier alpha value is -0.410. The van der Waals surface area contributed by atoms with Crippen LogP contribution in [0.25, 0.3) is 0 Å². The van der Waals surface area contributed by atoms with Crippen LogP contribution in [0.2, 0.25) is 0 Å². The van der Waals surface area contributed by atoms with Crippen LogP contribution in [0.3, 0.4) is 0 Å². The molecule has 0 aromatic heterocycles. The van der Waals surface area contributed by atoms with E-state index in [-0.39, 0.29) is 5.82 Å². The van der Waals surface area contributed by atoms with Crippen LogP contribution in [-0.2, 0) is 6.54 Å². The van der Waals surface area contributed by atoms with Gasteiger partial charge in [0.05, 0.1) is 4.47 Å². The SMILES string of the molecule is CC1CCCC1NCc1ccc(F)c(Br)c1. The summed E-state index contributed by atoms with van der Waals surface area (Å²) in [7, 11) is 0. The summed E-state index contributed by atoms with van der Waals surface area (Å²) in [6.07, 6.45) is 3.92. The quantitative estimate of drug-likeness (QED) is 0.889. The van der Waals surface area contributed by atoms with Crippen LogP contribution in [0.15, 0.2) is 22.7 Å². The van der Waals surface area contributed by atoms with Crippen LogP contribution in [0.4, 0.5) is 4.39 Å². The first-order chi connectivity index (χ1) is 7.66. The Morgan fingerprint density at radius 1 is 1.44 bits per heavy atom. The standard InChI is InChI=1S/C13H17BrFN/c1-9-3-2-4-13(9)16-8-10-5-6-12(15)11(14)7-10/h5-7,9,13,16H,2-4,8H2,1H3. The molecule has 1 fully saturated rings. The molecule has 0 spiro atoms. The molecule has 16 heavy (non-hydrogen) atoms. The van der Waals surface area contributed by atoms with E-state index in [4.69, 9.17) is 0 Å². The van der Waals surface area contributed by atoms with Gasteiger partial charge in [0.25, 0.3) is 0 Å². The highest BCUT2D eigenvalue weighted by Gasteiger charge is 2.22. The molecular formula is C13H17BrFN. The van der Waals surface area contributed by atoms with Gasteiger partial charge in [0.15, 0.2) is 0 Å². The first kappa shape index (κ1) is 12.1. The first-order valence-electron chi connectivity index (χ1n) is 5.84. The fraction of sp³-hybridized carbons (Fsp3) is 0.538. The van der Waals surface area contributed by atoms with Gasteiger partial charge in [-0.25, -0.2) is 4.39 Å². The molecule has 0 radical (unpaired) electrons. The van der Waals surface area contributed by atoms with Crippen molar-refractivity contribution in [3.63, 3.8) is 0 Å². The monoisotopic (exact) mass is 285 g/mol. The first-order valence-corrected chi connectivity index (χ1v) is 6.63. The van der Waals surface area contributed by atoms with Gasteiger partial charge in [-0.05, 0) is 52.4 Å². The highest BCUT2D eigenvalue weighted by Crippen LogP contribution is 2.25. The lowest BCUT2D eigenvalue weighted by atomic mass is 10.1. The zero-order valence-corrected chi connectivity index (χ0v) is 11.1. The van der Waals surface area contributed by atoms with Crippen molar-refractivity contribution in [3.05, 3.63) is 34.1 Å². The lowest BCUT2D eigenvalue weighted by Crippen LogP contribution is -2.30. The van der Waals surface area contributed by atoms with Crippen molar-refractivity contribution in [2.75, 3.05) is 0 Å². The van der Waals surface area contributed by atoms with Crippen LogP contribution in [0.5, 0.6) is 0 Å². The predicted molar refractivity (Wildman–Crippen MR) is 67.7 cm³/mol. The molecule has 0 saturated heterocycles. The summed E-state index contributed by atoms with van der Waals surface area (Å²) in [5.41, 5.74) is 1.13. The van der Waals surface area contributed by atoms with Gasteiger partial charge in [0, 0.05) is 12.6 Å². The van der Waals surface area contributed by atoms with E-state index in [0.717, 1.165) is 18.0 Å². The number of nitrogens with one attached hydrogen (secondary N) is 1. The number of hydrogen-bond donors (Lipinski definition) is 1. The zero-order chi connectivity index (χ0) is 11.5. The van der Waals surface area contributed by atoms with Crippen molar-refractivity contribution in [1.29, 1.82) is 0 Å². The van der Waals surface area contributed by atoms with Gasteiger partial charge in [-0.3, -0.25) is 0 Å². The topological polar surface area (TPSA) is 12.0 Å². The normalized spacial score (nSPS) is 24.9. The van der Waals surface area contributed by atoms with Gasteiger partial charge in [0.1, 0.15) is 5.82 Å². The summed E-state index contributed by atoms with van der Waals surface area (Å²) >= 11 is 3.21. The van der Waals surface area contributed by atoms with Crippen LogP contribution < -0.4 is 5.32 Å². The Morgan fingerprint density at radius 2 is 2.25 bits per heavy atom. The van der Waals surface area contributed by atoms with Gasteiger partial charge in [-0.1, -0.05) is 19.4 Å². The molecule has 3 heteroatoms. The summed E-state index contributed by atoms with van der Waals surface area (Å²) in [4.78, 5) is 0. The summed E-state index contributed by atoms with van der Waals surface area (Å²) in [6.45, 7) is 3.12. The minimum atomic E-state index is -0.196. The van der Waals surface area contributed by atoms with Crippen LogP contribution in [0, 0.1) is 11.7 Å². The average molecular weight is 286 g/mol. The maximum absolute atomic E-state index is 13.0. The van der Waals surface area contributed by atoms with Gasteiger partial charge in [-0.2, -0.15) is 0 Å². The summed E-state index contributed by atoms with van der Waals surface area (Å²) in [5, 5.41) is 3.55. The number of rotatable bonds is 3. The smallest absolute Gasteiger partial charge is 0.137 e. The lowest BCUT2D eigenvalue weighted by molar-refractivity contribution is 0.426. The molecule has 2 unspecified atom stereocenters. The molecule has 2 atom stereocenters. The van der Waals surface area contributed by atoms with E-state index in [1.54, 1.807) is 0 Å². The van der Waals surface area contributed by atoms with E-state index in [1.165, 1.54) is 25.3 Å². The van der Waals surface area contributed by atoms with Crippen molar-refractivity contribution in [2.45, 2.75) is 38.8 Å². The van der Waals surface area contributed by atoms with E-state index in [1.807, 2.05) is 12.1 Å². The van der Waals surface area contributed by atoms with Gasteiger partial charge in [-0.15, -0.1) is 0 Å². The highest BCUT2D eigenvalue weighted by molar-refractivity contribution is 9.10. The molecule has 1 nitrogen and oxygen atoms in total. The molecule has 0 amide bonds. The minimum absolute atomic E-state index is 0.196. The Bertz CT molecular complexity index is 367. The molecule has 0 aliphatic heterocycles. The van der Waals surface area contributed by atoms with Gasteiger partial charge in [0.2, 0.25) is 0 Å². The van der Waals surface area contributed by atoms with Crippen molar-refractivity contribution in [1.82, 2.24) is 5.32 Å². The van der Waals surface area contributed by atoms with Crippen LogP contribution >= 0.6 is 15.9 Å². The third-order valence-electron chi connectivity index (χ3n) is 3.41. The summed E-state index contributed by atoms with van der Waals surface area (Å²) < 4.78 is 13.6. The van der Waals surface area contributed by atoms with E-state index < -0.39 is 0 Å². The summed E-state index contributed by atoms with van der Waals surface area (Å²) in [6, 6.07) is 5.83. The molecule has 2 rings (SSSR count). The Labute approximate surface area is 105 Å². The number of halogens is 2. The van der Waals surface area contributed by atoms with Crippen molar-refractivity contribution in [3.8, 4) is 0 Å². The molecule has 0 bridgehead atoms. The molecule has 1 saturated carbocycles. The molecule has 88 valence electrons. The largest absolute Gasteiger partial charge is 0.310 e. The summed E-state index contributed by atoms with van der Waals surface area (Å²) in [5.74, 6) is 0.571. The highest BCUT2D eigenvalue weighted by atomic mass is 79.9. The molecule has 0 heterocycles. The molecule has 1 aliphatic rings. The average Bonchev–Trinajstić information content (AvgIpc) is 2.66. The van der Waals surface area contributed by atoms with Crippen LogP contribution in [0.1, 0.15) is 31.7 Å². The van der Waals surface area contributed by atoms with Crippen molar-refractivity contribution < 1.29 is 4.39 Å². The van der Waals surface area contributed by atoms with E-state index >= 15 is 0 Å².